The first-order valence-electron chi connectivity index (χ1n) is 9.88. The maximum atomic E-state index is 12.2. The fraction of sp³-hybridized carbons (Fsp3) is 0.304. The molecule has 3 aromatic rings. The summed E-state index contributed by atoms with van der Waals surface area (Å²) in [5.74, 6) is 0.892. The molecule has 1 amide bonds. The zero-order chi connectivity index (χ0) is 20.2. The van der Waals surface area contributed by atoms with Crippen molar-refractivity contribution < 1.29 is 9.53 Å². The molecule has 0 bridgehead atoms. The Morgan fingerprint density at radius 1 is 1.17 bits per heavy atom. The number of methoxy groups -OCH3 is 1. The minimum absolute atomic E-state index is 0.0800. The normalized spacial score (nSPS) is 13.5. The van der Waals surface area contributed by atoms with Gasteiger partial charge in [-0.3, -0.25) is 9.69 Å². The lowest BCUT2D eigenvalue weighted by molar-refractivity contribution is -0.122. The van der Waals surface area contributed by atoms with Crippen LogP contribution in [0.3, 0.4) is 0 Å². The van der Waals surface area contributed by atoms with Gasteiger partial charge >= 0.3 is 0 Å². The van der Waals surface area contributed by atoms with Crippen molar-refractivity contribution in [1.82, 2.24) is 20.0 Å². The van der Waals surface area contributed by atoms with Crippen LogP contribution in [-0.4, -0.2) is 47.3 Å². The molecule has 150 valence electrons. The highest BCUT2D eigenvalue weighted by Crippen LogP contribution is 2.26. The van der Waals surface area contributed by atoms with Gasteiger partial charge < -0.3 is 10.1 Å². The Labute approximate surface area is 171 Å². The van der Waals surface area contributed by atoms with E-state index in [9.17, 15) is 4.79 Å². The molecular formula is C23H26N4O2. The molecule has 6 nitrogen and oxygen atoms in total. The zero-order valence-electron chi connectivity index (χ0n) is 16.8. The topological polar surface area (TPSA) is 59.4 Å². The van der Waals surface area contributed by atoms with Gasteiger partial charge in [-0.1, -0.05) is 18.2 Å². The number of likely N-dealkylation sites (N-methyl/N-ethyl adjacent to an activating group) is 1. The highest BCUT2D eigenvalue weighted by Gasteiger charge is 2.24. The third-order valence-corrected chi connectivity index (χ3v) is 4.97. The number of hydrogen-bond acceptors (Lipinski definition) is 4. The number of hydrogen-bond donors (Lipinski definition) is 1. The summed E-state index contributed by atoms with van der Waals surface area (Å²) in [4.78, 5) is 14.2. The van der Waals surface area contributed by atoms with Crippen molar-refractivity contribution in [3.63, 3.8) is 0 Å². The van der Waals surface area contributed by atoms with Crippen LogP contribution in [0.25, 0.3) is 16.9 Å². The van der Waals surface area contributed by atoms with Gasteiger partial charge in [0.25, 0.3) is 0 Å². The second-order valence-electron chi connectivity index (χ2n) is 7.53. The standard InChI is InChI=1S/C23H26N4O2/c1-26(16-22(28)24-19-10-11-19)14-18-15-27(20-6-4-3-5-7-20)25-23(18)17-8-12-21(29-2)13-9-17/h3-9,12-13,15,19H,10-11,14,16H2,1-2H3,(H,24,28). The van der Waals surface area contributed by atoms with Crippen LogP contribution in [-0.2, 0) is 11.3 Å². The molecule has 0 spiro atoms. The SMILES string of the molecule is COc1ccc(-c2nn(-c3ccccc3)cc2CN(C)CC(=O)NC2CC2)cc1. The van der Waals surface area contributed by atoms with Gasteiger partial charge in [0.1, 0.15) is 5.75 Å². The summed E-state index contributed by atoms with van der Waals surface area (Å²) in [6.07, 6.45) is 4.24. The molecule has 2 aromatic carbocycles. The summed E-state index contributed by atoms with van der Waals surface area (Å²) >= 11 is 0. The first-order valence-corrected chi connectivity index (χ1v) is 9.88. The molecule has 1 aliphatic carbocycles. The quantitative estimate of drug-likeness (QED) is 0.641. The summed E-state index contributed by atoms with van der Waals surface area (Å²) in [5, 5.41) is 7.89. The van der Waals surface area contributed by atoms with Crippen LogP contribution >= 0.6 is 0 Å². The van der Waals surface area contributed by atoms with Gasteiger partial charge in [-0.15, -0.1) is 0 Å². The smallest absolute Gasteiger partial charge is 0.234 e. The molecule has 1 aromatic heterocycles. The summed E-state index contributed by atoms with van der Waals surface area (Å²) in [7, 11) is 3.62. The van der Waals surface area contributed by atoms with Crippen LogP contribution in [0.2, 0.25) is 0 Å². The van der Waals surface area contributed by atoms with Gasteiger partial charge in [0, 0.05) is 29.9 Å². The molecule has 29 heavy (non-hydrogen) atoms. The molecular weight excluding hydrogens is 364 g/mol. The fourth-order valence-electron chi connectivity index (χ4n) is 3.32. The van der Waals surface area contributed by atoms with Gasteiger partial charge in [0.15, 0.2) is 0 Å². The minimum atomic E-state index is 0.0800. The van der Waals surface area contributed by atoms with E-state index >= 15 is 0 Å². The van der Waals surface area contributed by atoms with Gasteiger partial charge in [0.05, 0.1) is 25.0 Å². The summed E-state index contributed by atoms with van der Waals surface area (Å²) in [5.41, 5.74) is 4.00. The van der Waals surface area contributed by atoms with E-state index in [1.165, 1.54) is 0 Å². The van der Waals surface area contributed by atoms with E-state index in [1.54, 1.807) is 7.11 Å². The van der Waals surface area contributed by atoms with E-state index in [2.05, 4.69) is 5.32 Å². The predicted molar refractivity (Wildman–Crippen MR) is 113 cm³/mol. The van der Waals surface area contributed by atoms with Crippen molar-refractivity contribution in [2.24, 2.45) is 0 Å². The first-order chi connectivity index (χ1) is 14.1. The zero-order valence-corrected chi connectivity index (χ0v) is 16.8. The third kappa shape index (κ3) is 4.84. The molecule has 1 fully saturated rings. The average Bonchev–Trinajstić information content (AvgIpc) is 3.45. The van der Waals surface area contributed by atoms with Crippen LogP contribution in [0.1, 0.15) is 18.4 Å². The third-order valence-electron chi connectivity index (χ3n) is 4.97. The highest BCUT2D eigenvalue weighted by atomic mass is 16.5. The number of benzene rings is 2. The molecule has 0 radical (unpaired) electrons. The number of carbonyl (C=O) groups excluding carboxylic acids is 1. The average molecular weight is 390 g/mol. The van der Waals surface area contributed by atoms with Gasteiger partial charge in [0.2, 0.25) is 5.91 Å². The van der Waals surface area contributed by atoms with E-state index in [0.29, 0.717) is 19.1 Å². The Morgan fingerprint density at radius 3 is 2.55 bits per heavy atom. The Hall–Kier alpha value is -3.12. The maximum Gasteiger partial charge on any atom is 0.234 e. The van der Waals surface area contributed by atoms with Gasteiger partial charge in [-0.2, -0.15) is 5.10 Å². The highest BCUT2D eigenvalue weighted by molar-refractivity contribution is 5.78. The van der Waals surface area contributed by atoms with Crippen molar-refractivity contribution in [3.8, 4) is 22.7 Å². The Morgan fingerprint density at radius 2 is 1.90 bits per heavy atom. The van der Waals surface area contributed by atoms with Crippen molar-refractivity contribution in [1.29, 1.82) is 0 Å². The molecule has 0 unspecified atom stereocenters. The van der Waals surface area contributed by atoms with Crippen LogP contribution in [0, 0.1) is 0 Å². The number of ether oxygens (including phenoxy) is 1. The lowest BCUT2D eigenvalue weighted by Crippen LogP contribution is -2.35. The number of carbonyl (C=O) groups is 1. The number of nitrogens with zero attached hydrogens (tertiary/aromatic N) is 3. The monoisotopic (exact) mass is 390 g/mol. The van der Waals surface area contributed by atoms with E-state index < -0.39 is 0 Å². The van der Waals surface area contributed by atoms with Crippen LogP contribution in [0.5, 0.6) is 5.75 Å². The fourth-order valence-corrected chi connectivity index (χ4v) is 3.32. The molecule has 0 atom stereocenters. The Bertz CT molecular complexity index is 962. The van der Waals surface area contributed by atoms with E-state index in [-0.39, 0.29) is 5.91 Å². The van der Waals surface area contributed by atoms with Crippen molar-refractivity contribution in [3.05, 3.63) is 66.4 Å². The van der Waals surface area contributed by atoms with Crippen LogP contribution in [0.4, 0.5) is 0 Å². The molecule has 1 saturated carbocycles. The maximum absolute atomic E-state index is 12.2. The molecule has 0 aliphatic heterocycles. The minimum Gasteiger partial charge on any atom is -0.497 e. The van der Waals surface area contributed by atoms with Gasteiger partial charge in [-0.05, 0) is 56.3 Å². The lowest BCUT2D eigenvalue weighted by atomic mass is 10.1. The predicted octanol–water partition coefficient (Wildman–Crippen LogP) is 3.26. The lowest BCUT2D eigenvalue weighted by Gasteiger charge is -2.16. The molecule has 0 saturated heterocycles. The Kier molecular flexibility index (Phi) is 5.62. The second kappa shape index (κ2) is 8.49. The number of aromatic nitrogens is 2. The number of nitrogens with one attached hydrogen (secondary N) is 1. The number of rotatable bonds is 8. The van der Waals surface area contributed by atoms with Crippen LogP contribution in [0.15, 0.2) is 60.8 Å². The number of amides is 1. The number of para-hydroxylation sites is 1. The van der Waals surface area contributed by atoms with Crippen molar-refractivity contribution in [2.45, 2.75) is 25.4 Å². The summed E-state index contributed by atoms with van der Waals surface area (Å²) in [6.45, 7) is 1.00. The van der Waals surface area contributed by atoms with E-state index in [0.717, 1.165) is 41.1 Å². The van der Waals surface area contributed by atoms with Crippen LogP contribution < -0.4 is 10.1 Å². The Balaban J connectivity index is 1.59. The summed E-state index contributed by atoms with van der Waals surface area (Å²) < 4.78 is 7.17. The molecule has 1 N–H and O–H groups in total. The molecule has 6 heteroatoms. The molecule has 1 aliphatic rings. The van der Waals surface area contributed by atoms with Crippen molar-refractivity contribution in [2.75, 3.05) is 20.7 Å². The van der Waals surface area contributed by atoms with Crippen molar-refractivity contribution >= 4 is 5.91 Å². The molecule has 4 rings (SSSR count). The first kappa shape index (κ1) is 19.2. The molecule has 1 heterocycles. The summed E-state index contributed by atoms with van der Waals surface area (Å²) in [6, 6.07) is 18.3. The van der Waals surface area contributed by atoms with E-state index in [4.69, 9.17) is 9.84 Å². The van der Waals surface area contributed by atoms with Gasteiger partial charge in [-0.25, -0.2) is 4.68 Å². The largest absolute Gasteiger partial charge is 0.497 e. The second-order valence-corrected chi connectivity index (χ2v) is 7.53. The van der Waals surface area contributed by atoms with E-state index in [1.807, 2.05) is 77.4 Å².